The Hall–Kier alpha value is -1.25. The van der Waals surface area contributed by atoms with Crippen molar-refractivity contribution in [2.45, 2.75) is 195 Å². The van der Waals surface area contributed by atoms with Gasteiger partial charge in [-0.1, -0.05) is 27.0 Å². The molecule has 0 saturated carbocycles. The van der Waals surface area contributed by atoms with Crippen LogP contribution < -0.4 is 5.73 Å². The number of Topliss-reactive ketones (excluding diaryl/α,β-unsaturated/α-hetero) is 1. The topological polar surface area (TPSA) is 137 Å². The van der Waals surface area contributed by atoms with Crippen molar-refractivity contribution in [3.8, 4) is 0 Å². The molecule has 1 spiro atoms. The van der Waals surface area contributed by atoms with Crippen LogP contribution in [0.5, 0.6) is 0 Å². The Labute approximate surface area is 302 Å². The van der Waals surface area contributed by atoms with Gasteiger partial charge in [-0.25, -0.2) is 0 Å². The first-order valence-electron chi connectivity index (χ1n) is 20.1. The molecule has 11 nitrogen and oxygen atoms in total. The molecule has 10 saturated heterocycles. The van der Waals surface area contributed by atoms with Crippen LogP contribution in [0, 0.1) is 17.8 Å². The smallest absolute Gasteiger partial charge is 0.172 e. The van der Waals surface area contributed by atoms with Gasteiger partial charge in [0.2, 0.25) is 0 Å². The highest BCUT2D eigenvalue weighted by Gasteiger charge is 2.68. The molecule has 10 aliphatic rings. The van der Waals surface area contributed by atoms with Gasteiger partial charge in [-0.05, 0) is 73.8 Å². The molecule has 3 N–H and O–H groups in total. The summed E-state index contributed by atoms with van der Waals surface area (Å²) in [7, 11) is 0. The van der Waals surface area contributed by atoms with Crippen molar-refractivity contribution in [1.29, 1.82) is 0 Å². The summed E-state index contributed by atoms with van der Waals surface area (Å²) in [5.74, 6) is -0.222. The van der Waals surface area contributed by atoms with E-state index in [9.17, 15) is 9.90 Å². The minimum Gasteiger partial charge on any atom is -0.392 e. The molecule has 0 aromatic heterocycles. The Morgan fingerprint density at radius 3 is 2.35 bits per heavy atom. The Morgan fingerprint density at radius 1 is 0.765 bits per heavy atom. The average molecular weight is 714 g/mol. The zero-order valence-electron chi connectivity index (χ0n) is 30.4. The lowest BCUT2D eigenvalue weighted by Crippen LogP contribution is -2.61. The van der Waals surface area contributed by atoms with Crippen molar-refractivity contribution >= 4 is 5.78 Å². The van der Waals surface area contributed by atoms with Gasteiger partial charge >= 0.3 is 0 Å². The number of nitrogens with two attached hydrogens (primary N) is 1. The molecular formula is C40H59NO10. The van der Waals surface area contributed by atoms with Crippen LogP contribution in [0.4, 0.5) is 0 Å². The SMILES string of the molecule is C=C1C[C@@H]2CC[C@@]34C[C@H]5O[C@H]6[C@@H](O3)[C@H]3OC(CC[C@@H]3O[C@H]6C5O4)CC(=O)C[C@H]3C(C[C@H]4O[C@@H](CCC1O2)C[C@@H](C)C4=C)O[C@H](C[C@H](O)CN)[C@@H]3C. The predicted molar refractivity (Wildman–Crippen MR) is 185 cm³/mol. The summed E-state index contributed by atoms with van der Waals surface area (Å²) >= 11 is 0. The highest BCUT2D eigenvalue weighted by molar-refractivity contribution is 5.79. The first-order valence-corrected chi connectivity index (χ1v) is 20.1. The van der Waals surface area contributed by atoms with E-state index in [1.807, 2.05) is 0 Å². The molecule has 51 heavy (non-hydrogen) atoms. The number of rotatable bonds is 3. The van der Waals surface area contributed by atoms with E-state index in [0.29, 0.717) is 44.4 Å². The Kier molecular flexibility index (Phi) is 9.59. The Balaban J connectivity index is 0.986. The third kappa shape index (κ3) is 6.53. The maximum atomic E-state index is 14.0. The number of hydrogen-bond acceptors (Lipinski definition) is 11. The fourth-order valence-corrected chi connectivity index (χ4v) is 11.3. The summed E-state index contributed by atoms with van der Waals surface area (Å²) in [6.45, 7) is 13.5. The Morgan fingerprint density at radius 2 is 1.51 bits per heavy atom. The third-order valence-corrected chi connectivity index (χ3v) is 14.2. The van der Waals surface area contributed by atoms with E-state index in [-0.39, 0.29) is 110 Å². The first-order chi connectivity index (χ1) is 24.6. The van der Waals surface area contributed by atoms with E-state index in [2.05, 4.69) is 27.0 Å². The zero-order chi connectivity index (χ0) is 35.2. The van der Waals surface area contributed by atoms with Crippen LogP contribution in [0.2, 0.25) is 0 Å². The van der Waals surface area contributed by atoms with E-state index < -0.39 is 11.9 Å². The second-order valence-electron chi connectivity index (χ2n) is 17.6. The molecule has 10 rings (SSSR count). The number of carbonyl (C=O) groups is 1. The van der Waals surface area contributed by atoms with Crippen molar-refractivity contribution < 1.29 is 47.8 Å². The van der Waals surface area contributed by atoms with Gasteiger partial charge in [-0.3, -0.25) is 4.79 Å². The maximum absolute atomic E-state index is 14.0. The lowest BCUT2D eigenvalue weighted by Gasteiger charge is -2.47. The molecule has 0 radical (unpaired) electrons. The molecule has 284 valence electrons. The molecular weight excluding hydrogens is 654 g/mol. The molecule has 0 aromatic rings. The van der Waals surface area contributed by atoms with Crippen LogP contribution in [0.15, 0.2) is 24.3 Å². The highest BCUT2D eigenvalue weighted by Crippen LogP contribution is 2.54. The molecule has 12 bridgehead atoms. The number of hydrogen-bond donors (Lipinski definition) is 2. The van der Waals surface area contributed by atoms with Gasteiger partial charge in [0, 0.05) is 45.1 Å². The van der Waals surface area contributed by atoms with Gasteiger partial charge < -0.3 is 48.7 Å². The fourth-order valence-electron chi connectivity index (χ4n) is 11.3. The van der Waals surface area contributed by atoms with Gasteiger partial charge in [0.15, 0.2) is 5.79 Å². The van der Waals surface area contributed by atoms with E-state index in [4.69, 9.17) is 43.6 Å². The standard InChI is InChI=1S/C40H59NO10/c1-19-11-25-5-7-29-20(2)12-27(44-29)9-10-40-17-34-36(50-40)37-38(49-34)39(51-40)35-30(48-37)8-6-26(46-35)13-23(42)14-28-22(4)31(15-24(43)18-41)47-33(28)16-32(45-25)21(19)3/h19,22,24-39,43H,2-3,5-18,41H2,1,4H3/t19-,22-,24+,25+,26?,27+,28-,29?,30+,31-,32-,33?,34-,35+,36?,37+,38-,39+,40+/m1/s1. The van der Waals surface area contributed by atoms with E-state index in [1.54, 1.807) is 0 Å². The van der Waals surface area contributed by atoms with E-state index in [1.165, 1.54) is 0 Å². The molecule has 19 atom stereocenters. The normalized spacial score (nSPS) is 53.2. The molecule has 11 heteroatoms. The number of aliphatic hydroxyl groups excluding tert-OH is 1. The van der Waals surface area contributed by atoms with Gasteiger partial charge in [-0.15, -0.1) is 0 Å². The van der Waals surface area contributed by atoms with Crippen LogP contribution in [-0.4, -0.2) is 115 Å². The van der Waals surface area contributed by atoms with Crippen LogP contribution in [-0.2, 0) is 42.7 Å². The largest absolute Gasteiger partial charge is 0.392 e. The molecule has 10 aliphatic heterocycles. The lowest BCUT2D eigenvalue weighted by atomic mass is 9.78. The number of aliphatic hydroxyl groups is 1. The van der Waals surface area contributed by atoms with Crippen LogP contribution in [0.3, 0.4) is 0 Å². The van der Waals surface area contributed by atoms with Crippen molar-refractivity contribution in [3.63, 3.8) is 0 Å². The van der Waals surface area contributed by atoms with E-state index >= 15 is 0 Å². The van der Waals surface area contributed by atoms with Gasteiger partial charge in [0.1, 0.15) is 36.3 Å². The molecule has 10 heterocycles. The first kappa shape index (κ1) is 35.5. The van der Waals surface area contributed by atoms with E-state index in [0.717, 1.165) is 56.1 Å². The lowest BCUT2D eigenvalue weighted by molar-refractivity contribution is -0.292. The maximum Gasteiger partial charge on any atom is 0.172 e. The second kappa shape index (κ2) is 13.8. The summed E-state index contributed by atoms with van der Waals surface area (Å²) in [5.41, 5.74) is 8.06. The predicted octanol–water partition coefficient (Wildman–Crippen LogP) is 4.06. The van der Waals surface area contributed by atoms with Crippen LogP contribution in [0.1, 0.15) is 97.3 Å². The molecule has 10 fully saturated rings. The molecule has 0 aromatic carbocycles. The number of fused-ring (bicyclic) bond motifs is 6. The van der Waals surface area contributed by atoms with Gasteiger partial charge in [0.05, 0.1) is 61.0 Å². The van der Waals surface area contributed by atoms with Crippen molar-refractivity contribution in [3.05, 3.63) is 24.3 Å². The second-order valence-corrected chi connectivity index (χ2v) is 17.6. The number of ether oxygens (including phenoxy) is 8. The third-order valence-electron chi connectivity index (χ3n) is 14.2. The number of carbonyl (C=O) groups excluding carboxylic acids is 1. The van der Waals surface area contributed by atoms with Gasteiger partial charge in [0.25, 0.3) is 0 Å². The number of ketones is 1. The van der Waals surface area contributed by atoms with Gasteiger partial charge in [-0.2, -0.15) is 0 Å². The van der Waals surface area contributed by atoms with Crippen LogP contribution in [0.25, 0.3) is 0 Å². The van der Waals surface area contributed by atoms with Crippen molar-refractivity contribution in [2.75, 3.05) is 6.54 Å². The summed E-state index contributed by atoms with van der Waals surface area (Å²) in [6, 6.07) is 0. The minimum atomic E-state index is -0.765. The highest BCUT2D eigenvalue weighted by atomic mass is 16.8. The minimum absolute atomic E-state index is 0.00127. The van der Waals surface area contributed by atoms with Crippen LogP contribution >= 0.6 is 0 Å². The summed E-state index contributed by atoms with van der Waals surface area (Å²) in [5, 5.41) is 10.5. The summed E-state index contributed by atoms with van der Waals surface area (Å²) in [6.07, 6.45) is 6.43. The molecule has 4 unspecified atom stereocenters. The Bertz CT molecular complexity index is 1360. The summed E-state index contributed by atoms with van der Waals surface area (Å²) in [4.78, 5) is 14.0. The van der Waals surface area contributed by atoms with Crippen molar-refractivity contribution in [1.82, 2.24) is 0 Å². The molecule has 0 amide bonds. The molecule has 0 aliphatic carbocycles. The summed E-state index contributed by atoms with van der Waals surface area (Å²) < 4.78 is 54.0. The zero-order valence-corrected chi connectivity index (χ0v) is 30.4. The average Bonchev–Trinajstić information content (AvgIpc) is 3.77. The van der Waals surface area contributed by atoms with Crippen molar-refractivity contribution in [2.24, 2.45) is 23.5 Å². The quantitative estimate of drug-likeness (QED) is 0.410. The monoisotopic (exact) mass is 713 g/mol. The fraction of sp³-hybridized carbons (Fsp3) is 0.875.